The summed E-state index contributed by atoms with van der Waals surface area (Å²) in [4.78, 5) is 24.5. The summed E-state index contributed by atoms with van der Waals surface area (Å²) in [6.45, 7) is 4.55. The summed E-state index contributed by atoms with van der Waals surface area (Å²) in [6, 6.07) is 4.37. The van der Waals surface area contributed by atoms with Crippen molar-refractivity contribution < 1.29 is 14.5 Å². The average molecular weight is 299 g/mol. The van der Waals surface area contributed by atoms with Gasteiger partial charge in [0.25, 0.3) is 5.91 Å². The molecule has 0 bridgehead atoms. The summed E-state index contributed by atoms with van der Waals surface area (Å²) in [5, 5.41) is 11.1. The second-order valence-electron chi connectivity index (χ2n) is 4.86. The molecule has 0 aliphatic carbocycles. The van der Waals surface area contributed by atoms with Crippen molar-refractivity contribution in [2.75, 3.05) is 13.1 Å². The minimum absolute atomic E-state index is 0.0174. The van der Waals surface area contributed by atoms with Gasteiger partial charge in [0.05, 0.1) is 17.1 Å². The number of carbonyl (C=O) groups is 1. The molecule has 1 saturated heterocycles. The molecule has 0 aromatic heterocycles. The third kappa shape index (κ3) is 2.91. The highest BCUT2D eigenvalue weighted by atomic mass is 35.5. The number of nitro groups is 1. The lowest BCUT2D eigenvalue weighted by atomic mass is 10.1. The van der Waals surface area contributed by atoms with Crippen LogP contribution in [0.15, 0.2) is 18.2 Å². The Bertz CT molecular complexity index is 539. The summed E-state index contributed by atoms with van der Waals surface area (Å²) >= 11 is 5.83. The molecule has 0 radical (unpaired) electrons. The van der Waals surface area contributed by atoms with Crippen LogP contribution in [0, 0.1) is 10.1 Å². The Balaban J connectivity index is 2.34. The maximum atomic E-state index is 12.5. The van der Waals surface area contributed by atoms with Gasteiger partial charge < -0.3 is 9.64 Å². The van der Waals surface area contributed by atoms with Gasteiger partial charge in [-0.15, -0.1) is 0 Å². The molecule has 7 heteroatoms. The molecule has 1 aromatic carbocycles. The Labute approximate surface area is 121 Å². The van der Waals surface area contributed by atoms with Crippen LogP contribution in [-0.2, 0) is 4.74 Å². The van der Waals surface area contributed by atoms with Crippen molar-refractivity contribution in [1.82, 2.24) is 4.90 Å². The van der Waals surface area contributed by atoms with E-state index < -0.39 is 4.92 Å². The molecule has 1 aromatic rings. The molecule has 108 valence electrons. The number of rotatable bonds is 2. The van der Waals surface area contributed by atoms with Gasteiger partial charge in [0.1, 0.15) is 10.6 Å². The predicted octanol–water partition coefficient (Wildman–Crippen LogP) is 2.50. The molecular weight excluding hydrogens is 284 g/mol. The number of halogens is 1. The number of hydrogen-bond acceptors (Lipinski definition) is 4. The van der Waals surface area contributed by atoms with Crippen molar-refractivity contribution in [3.05, 3.63) is 38.9 Å². The first-order chi connectivity index (χ1) is 9.40. The highest BCUT2D eigenvalue weighted by molar-refractivity contribution is 6.33. The Kier molecular flexibility index (Phi) is 4.25. The largest absolute Gasteiger partial charge is 0.372 e. The molecule has 1 heterocycles. The fourth-order valence-electron chi connectivity index (χ4n) is 2.39. The number of benzene rings is 1. The van der Waals surface area contributed by atoms with Gasteiger partial charge in [-0.25, -0.2) is 0 Å². The van der Waals surface area contributed by atoms with Crippen molar-refractivity contribution in [2.45, 2.75) is 26.1 Å². The molecule has 2 unspecified atom stereocenters. The van der Waals surface area contributed by atoms with E-state index in [0.717, 1.165) is 0 Å². The molecule has 6 nitrogen and oxygen atoms in total. The predicted molar refractivity (Wildman–Crippen MR) is 74.0 cm³/mol. The van der Waals surface area contributed by atoms with E-state index in [1.165, 1.54) is 18.2 Å². The molecule has 0 spiro atoms. The highest BCUT2D eigenvalue weighted by Gasteiger charge is 2.31. The van der Waals surface area contributed by atoms with Crippen LogP contribution >= 0.6 is 11.6 Å². The van der Waals surface area contributed by atoms with Crippen molar-refractivity contribution in [1.29, 1.82) is 0 Å². The van der Waals surface area contributed by atoms with E-state index in [9.17, 15) is 14.9 Å². The maximum Gasteiger partial charge on any atom is 0.300 e. The van der Waals surface area contributed by atoms with E-state index in [4.69, 9.17) is 16.3 Å². The number of amides is 1. The molecule has 1 aliphatic heterocycles. The van der Waals surface area contributed by atoms with Crippen molar-refractivity contribution in [3.8, 4) is 0 Å². The van der Waals surface area contributed by atoms with Gasteiger partial charge in [0.2, 0.25) is 0 Å². The first kappa shape index (κ1) is 14.7. The molecule has 1 amide bonds. The summed E-state index contributed by atoms with van der Waals surface area (Å²) < 4.78 is 5.55. The van der Waals surface area contributed by atoms with Crippen molar-refractivity contribution in [2.24, 2.45) is 0 Å². The standard InChI is InChI=1S/C13H15ClN2O4/c1-8-6-15(7-9(2)20-8)13(17)10-4-3-5-11(14)12(10)16(18)19/h3-5,8-9H,6-7H2,1-2H3. The first-order valence-electron chi connectivity index (χ1n) is 6.27. The molecule has 1 aliphatic rings. The monoisotopic (exact) mass is 298 g/mol. The highest BCUT2D eigenvalue weighted by Crippen LogP contribution is 2.29. The minimum atomic E-state index is -0.622. The molecule has 0 N–H and O–H groups in total. The van der Waals surface area contributed by atoms with Gasteiger partial charge in [0.15, 0.2) is 0 Å². The maximum absolute atomic E-state index is 12.5. The van der Waals surface area contributed by atoms with Crippen LogP contribution in [0.4, 0.5) is 5.69 Å². The molecule has 1 fully saturated rings. The Hall–Kier alpha value is -1.66. The number of para-hydroxylation sites is 1. The van der Waals surface area contributed by atoms with E-state index >= 15 is 0 Å². The van der Waals surface area contributed by atoms with E-state index in [1.54, 1.807) is 4.90 Å². The molecule has 20 heavy (non-hydrogen) atoms. The zero-order chi connectivity index (χ0) is 14.9. The van der Waals surface area contributed by atoms with Crippen LogP contribution in [0.1, 0.15) is 24.2 Å². The molecule has 2 atom stereocenters. The fourth-order valence-corrected chi connectivity index (χ4v) is 2.63. The van der Waals surface area contributed by atoms with Crippen molar-refractivity contribution >= 4 is 23.2 Å². The van der Waals surface area contributed by atoms with Gasteiger partial charge in [-0.3, -0.25) is 14.9 Å². The Morgan fingerprint density at radius 1 is 1.40 bits per heavy atom. The zero-order valence-corrected chi connectivity index (χ0v) is 12.0. The second-order valence-corrected chi connectivity index (χ2v) is 5.27. The van der Waals surface area contributed by atoms with Crippen LogP contribution in [0.2, 0.25) is 5.02 Å². The molecular formula is C13H15ClN2O4. The van der Waals surface area contributed by atoms with E-state index in [-0.39, 0.29) is 34.4 Å². The lowest BCUT2D eigenvalue weighted by Gasteiger charge is -2.35. The second kappa shape index (κ2) is 5.76. The van der Waals surface area contributed by atoms with Crippen LogP contribution < -0.4 is 0 Å². The van der Waals surface area contributed by atoms with Gasteiger partial charge in [-0.05, 0) is 26.0 Å². The summed E-state index contributed by atoms with van der Waals surface area (Å²) in [5.41, 5.74) is -0.324. The normalized spacial score (nSPS) is 22.6. The number of hydrogen-bond donors (Lipinski definition) is 0. The fraction of sp³-hybridized carbons (Fsp3) is 0.462. The van der Waals surface area contributed by atoms with Gasteiger partial charge >= 0.3 is 5.69 Å². The third-order valence-corrected chi connectivity index (χ3v) is 3.41. The quantitative estimate of drug-likeness (QED) is 0.621. The van der Waals surface area contributed by atoms with Gasteiger partial charge in [-0.2, -0.15) is 0 Å². The molecule has 0 saturated carbocycles. The SMILES string of the molecule is CC1CN(C(=O)c2cccc(Cl)c2[N+](=O)[O-])CC(C)O1. The average Bonchev–Trinajstić information content (AvgIpc) is 2.35. The zero-order valence-electron chi connectivity index (χ0n) is 11.2. The first-order valence-corrected chi connectivity index (χ1v) is 6.65. The van der Waals surface area contributed by atoms with Gasteiger partial charge in [-0.1, -0.05) is 17.7 Å². The van der Waals surface area contributed by atoms with Crippen molar-refractivity contribution in [3.63, 3.8) is 0 Å². The third-order valence-electron chi connectivity index (χ3n) is 3.11. The lowest BCUT2D eigenvalue weighted by molar-refractivity contribution is -0.385. The van der Waals surface area contributed by atoms with Gasteiger partial charge in [0, 0.05) is 13.1 Å². The Morgan fingerprint density at radius 3 is 2.55 bits per heavy atom. The van der Waals surface area contributed by atoms with Crippen LogP contribution in [-0.4, -0.2) is 41.0 Å². The Morgan fingerprint density at radius 2 is 2.00 bits per heavy atom. The number of nitrogens with zero attached hydrogens (tertiary/aromatic N) is 2. The van der Waals surface area contributed by atoms with Crippen LogP contribution in [0.25, 0.3) is 0 Å². The lowest BCUT2D eigenvalue weighted by Crippen LogP contribution is -2.48. The smallest absolute Gasteiger partial charge is 0.300 e. The summed E-state index contributed by atoms with van der Waals surface area (Å²) in [7, 11) is 0. The number of ether oxygens (including phenoxy) is 1. The van der Waals surface area contributed by atoms with E-state index in [1.807, 2.05) is 13.8 Å². The van der Waals surface area contributed by atoms with Crippen LogP contribution in [0.3, 0.4) is 0 Å². The molecule has 2 rings (SSSR count). The topological polar surface area (TPSA) is 72.7 Å². The van der Waals surface area contributed by atoms with Crippen LogP contribution in [0.5, 0.6) is 0 Å². The summed E-state index contributed by atoms with van der Waals surface area (Å²) in [5.74, 6) is -0.388. The minimum Gasteiger partial charge on any atom is -0.372 e. The number of morpholine rings is 1. The van der Waals surface area contributed by atoms with E-state index in [2.05, 4.69) is 0 Å². The number of carbonyl (C=O) groups excluding carboxylic acids is 1. The van der Waals surface area contributed by atoms with E-state index in [0.29, 0.717) is 13.1 Å². The number of nitro benzene ring substituents is 1. The summed E-state index contributed by atoms with van der Waals surface area (Å²) in [6.07, 6.45) is -0.193.